The Labute approximate surface area is 170 Å². The van der Waals surface area contributed by atoms with Crippen LogP contribution in [0.25, 0.3) is 0 Å². The van der Waals surface area contributed by atoms with Crippen LogP contribution in [-0.4, -0.2) is 24.1 Å². The van der Waals surface area contributed by atoms with Crippen LogP contribution < -0.4 is 10.0 Å². The summed E-state index contributed by atoms with van der Waals surface area (Å²) in [5.74, 6) is -0.358. The van der Waals surface area contributed by atoms with Gasteiger partial charge in [0.25, 0.3) is 15.9 Å². The molecule has 0 saturated heterocycles. The largest absolute Gasteiger partial charge is 0.348 e. The van der Waals surface area contributed by atoms with Crippen molar-refractivity contribution >= 4 is 21.6 Å². The monoisotopic (exact) mass is 412 g/mol. The van der Waals surface area contributed by atoms with Crippen LogP contribution in [0.4, 0.5) is 5.69 Å². The molecule has 0 spiro atoms. The maximum Gasteiger partial charge on any atom is 0.265 e. The number of hydrogen-bond acceptors (Lipinski definition) is 4. The first-order valence-corrected chi connectivity index (χ1v) is 10.6. The van der Waals surface area contributed by atoms with Crippen molar-refractivity contribution in [1.29, 1.82) is 0 Å². The number of sulfonamides is 1. The van der Waals surface area contributed by atoms with E-state index in [1.165, 1.54) is 4.68 Å². The maximum absolute atomic E-state index is 12.9. The second-order valence-corrected chi connectivity index (χ2v) is 8.56. The third-order valence-electron chi connectivity index (χ3n) is 4.70. The Kier molecular flexibility index (Phi) is 5.74. The molecule has 1 heterocycles. The fourth-order valence-electron chi connectivity index (χ4n) is 3.09. The third-order valence-corrected chi connectivity index (χ3v) is 6.32. The number of carbonyl (C=O) groups excluding carboxylic acids is 1. The molecular formula is C21H24N4O3S. The number of aromatic nitrogens is 2. The highest BCUT2D eigenvalue weighted by atomic mass is 32.2. The Morgan fingerprint density at radius 1 is 1.03 bits per heavy atom. The fraction of sp³-hybridized carbons (Fsp3) is 0.238. The van der Waals surface area contributed by atoms with Gasteiger partial charge in [-0.1, -0.05) is 42.0 Å². The predicted octanol–water partition coefficient (Wildman–Crippen LogP) is 3.08. The molecule has 3 aromatic rings. The number of amides is 1. The van der Waals surface area contributed by atoms with Gasteiger partial charge < -0.3 is 5.32 Å². The maximum atomic E-state index is 12.9. The van der Waals surface area contributed by atoms with Gasteiger partial charge in [-0.05, 0) is 38.5 Å². The summed E-state index contributed by atoms with van der Waals surface area (Å²) in [5.41, 5.74) is 3.50. The number of aryl methyl sites for hydroxylation is 3. The van der Waals surface area contributed by atoms with Crippen LogP contribution in [0.1, 0.15) is 32.9 Å². The highest BCUT2D eigenvalue weighted by Crippen LogP contribution is 2.24. The molecule has 0 unspecified atom stereocenters. The third kappa shape index (κ3) is 4.48. The smallest absolute Gasteiger partial charge is 0.265 e. The van der Waals surface area contributed by atoms with E-state index in [1.54, 1.807) is 45.2 Å². The second kappa shape index (κ2) is 8.08. The van der Waals surface area contributed by atoms with Gasteiger partial charge in [0, 0.05) is 13.6 Å². The average Bonchev–Trinajstić information content (AvgIpc) is 2.93. The number of carbonyl (C=O) groups is 1. The molecule has 0 saturated carbocycles. The number of anilines is 1. The average molecular weight is 413 g/mol. The molecule has 0 aliphatic carbocycles. The van der Waals surface area contributed by atoms with E-state index in [1.807, 2.05) is 31.2 Å². The molecule has 29 heavy (non-hydrogen) atoms. The quantitative estimate of drug-likeness (QED) is 0.651. The second-order valence-electron chi connectivity index (χ2n) is 6.94. The van der Waals surface area contributed by atoms with E-state index in [0.29, 0.717) is 17.9 Å². The van der Waals surface area contributed by atoms with Crippen molar-refractivity contribution in [2.45, 2.75) is 32.2 Å². The lowest BCUT2D eigenvalue weighted by Gasteiger charge is -2.13. The molecule has 7 nitrogen and oxygen atoms in total. The van der Waals surface area contributed by atoms with E-state index in [-0.39, 0.29) is 22.1 Å². The molecule has 1 aromatic heterocycles. The zero-order chi connectivity index (χ0) is 21.2. The topological polar surface area (TPSA) is 93.1 Å². The summed E-state index contributed by atoms with van der Waals surface area (Å²) in [7, 11) is -2.21. The highest BCUT2D eigenvalue weighted by Gasteiger charge is 2.25. The van der Waals surface area contributed by atoms with Crippen LogP contribution in [0.3, 0.4) is 0 Å². The highest BCUT2D eigenvalue weighted by molar-refractivity contribution is 7.92. The van der Waals surface area contributed by atoms with Gasteiger partial charge >= 0.3 is 0 Å². The van der Waals surface area contributed by atoms with Crippen molar-refractivity contribution in [2.75, 3.05) is 4.72 Å². The number of hydrogen-bond donors (Lipinski definition) is 2. The molecule has 0 radical (unpaired) electrons. The van der Waals surface area contributed by atoms with Crippen LogP contribution in [0, 0.1) is 20.8 Å². The van der Waals surface area contributed by atoms with E-state index < -0.39 is 10.0 Å². The fourth-order valence-corrected chi connectivity index (χ4v) is 4.61. The standard InChI is InChI=1S/C21H24N4O3S/c1-14-9-11-17(12-10-14)13-22-21(26)18-7-5-6-8-19(18)24-29(27,28)20-15(2)23-25(4)16(20)3/h5-12,24H,13H2,1-4H3,(H,22,26). The van der Waals surface area contributed by atoms with Crippen molar-refractivity contribution < 1.29 is 13.2 Å². The van der Waals surface area contributed by atoms with E-state index in [9.17, 15) is 13.2 Å². The van der Waals surface area contributed by atoms with Crippen molar-refractivity contribution in [3.8, 4) is 0 Å². The number of nitrogens with one attached hydrogen (secondary N) is 2. The number of para-hydroxylation sites is 1. The minimum atomic E-state index is -3.90. The van der Waals surface area contributed by atoms with Crippen molar-refractivity contribution in [1.82, 2.24) is 15.1 Å². The Morgan fingerprint density at radius 3 is 2.31 bits per heavy atom. The lowest BCUT2D eigenvalue weighted by molar-refractivity contribution is 0.0952. The molecule has 0 bridgehead atoms. The van der Waals surface area contributed by atoms with Crippen LogP contribution in [0.2, 0.25) is 0 Å². The molecular weight excluding hydrogens is 388 g/mol. The lowest BCUT2D eigenvalue weighted by Crippen LogP contribution is -2.25. The molecule has 0 aliphatic rings. The van der Waals surface area contributed by atoms with Crippen molar-refractivity contribution in [3.05, 3.63) is 76.6 Å². The van der Waals surface area contributed by atoms with Gasteiger partial charge in [-0.2, -0.15) is 5.10 Å². The molecule has 2 aromatic carbocycles. The molecule has 0 atom stereocenters. The minimum Gasteiger partial charge on any atom is -0.348 e. The molecule has 0 aliphatic heterocycles. The summed E-state index contributed by atoms with van der Waals surface area (Å²) in [4.78, 5) is 12.8. The molecule has 8 heteroatoms. The van der Waals surface area contributed by atoms with E-state index >= 15 is 0 Å². The molecule has 0 fully saturated rings. The van der Waals surface area contributed by atoms with E-state index in [2.05, 4.69) is 15.1 Å². The van der Waals surface area contributed by atoms with Gasteiger partial charge in [-0.15, -0.1) is 0 Å². The van der Waals surface area contributed by atoms with Crippen molar-refractivity contribution in [3.63, 3.8) is 0 Å². The molecule has 152 valence electrons. The Balaban J connectivity index is 1.83. The van der Waals surface area contributed by atoms with E-state index in [0.717, 1.165) is 11.1 Å². The Morgan fingerprint density at radius 2 is 1.69 bits per heavy atom. The molecule has 2 N–H and O–H groups in total. The Hall–Kier alpha value is -3.13. The minimum absolute atomic E-state index is 0.120. The zero-order valence-corrected chi connectivity index (χ0v) is 17.7. The first-order chi connectivity index (χ1) is 13.7. The summed E-state index contributed by atoms with van der Waals surface area (Å²) in [6.07, 6.45) is 0. The van der Waals surface area contributed by atoms with Crippen LogP contribution in [-0.2, 0) is 23.6 Å². The Bertz CT molecular complexity index is 1150. The van der Waals surface area contributed by atoms with E-state index in [4.69, 9.17) is 0 Å². The van der Waals surface area contributed by atoms with Crippen LogP contribution >= 0.6 is 0 Å². The predicted molar refractivity (Wildman–Crippen MR) is 112 cm³/mol. The zero-order valence-electron chi connectivity index (χ0n) is 16.9. The summed E-state index contributed by atoms with van der Waals surface area (Å²) in [6.45, 7) is 5.67. The normalized spacial score (nSPS) is 11.3. The summed E-state index contributed by atoms with van der Waals surface area (Å²) >= 11 is 0. The van der Waals surface area contributed by atoms with Crippen molar-refractivity contribution in [2.24, 2.45) is 7.05 Å². The summed E-state index contributed by atoms with van der Waals surface area (Å²) in [6, 6.07) is 14.4. The number of nitrogens with zero attached hydrogens (tertiary/aromatic N) is 2. The van der Waals surface area contributed by atoms with Crippen LogP contribution in [0.15, 0.2) is 53.4 Å². The lowest BCUT2D eigenvalue weighted by atomic mass is 10.1. The SMILES string of the molecule is Cc1ccc(CNC(=O)c2ccccc2NS(=O)(=O)c2c(C)nn(C)c2C)cc1. The first kappa shape index (κ1) is 20.6. The summed E-state index contributed by atoms with van der Waals surface area (Å²) in [5, 5.41) is 7.00. The first-order valence-electron chi connectivity index (χ1n) is 9.15. The van der Waals surface area contributed by atoms with Gasteiger partial charge in [0.05, 0.1) is 22.6 Å². The van der Waals surface area contributed by atoms with Crippen LogP contribution in [0.5, 0.6) is 0 Å². The molecule has 3 rings (SSSR count). The van der Waals surface area contributed by atoms with Gasteiger partial charge in [0.15, 0.2) is 0 Å². The molecule has 1 amide bonds. The summed E-state index contributed by atoms with van der Waals surface area (Å²) < 4.78 is 30.0. The number of benzene rings is 2. The number of rotatable bonds is 6. The van der Waals surface area contributed by atoms with Gasteiger partial charge in [0.2, 0.25) is 0 Å². The van der Waals surface area contributed by atoms with Gasteiger partial charge in [0.1, 0.15) is 4.90 Å². The van der Waals surface area contributed by atoms with Gasteiger partial charge in [-0.3, -0.25) is 14.2 Å². The van der Waals surface area contributed by atoms with Gasteiger partial charge in [-0.25, -0.2) is 8.42 Å².